The number of furan rings is 2. The van der Waals surface area contributed by atoms with Crippen LogP contribution in [0.4, 0.5) is 17.1 Å². The highest BCUT2D eigenvalue weighted by Crippen LogP contribution is 2.63. The number of hydrogen-bond acceptors (Lipinski definition) is 3. The Labute approximate surface area is 299 Å². The van der Waals surface area contributed by atoms with Crippen LogP contribution in [0.15, 0.2) is 185 Å². The van der Waals surface area contributed by atoms with Gasteiger partial charge in [-0.2, -0.15) is 0 Å². The molecule has 0 fully saturated rings. The zero-order valence-corrected chi connectivity index (χ0v) is 28.0. The molecule has 0 aliphatic heterocycles. The Morgan fingerprint density at radius 2 is 0.846 bits per heavy atom. The summed E-state index contributed by atoms with van der Waals surface area (Å²) in [6.45, 7) is 0. The van der Waals surface area contributed by atoms with Crippen LogP contribution in [0.2, 0.25) is 0 Å². The number of fused-ring (bicyclic) bond motifs is 16. The Kier molecular flexibility index (Phi) is 5.43. The van der Waals surface area contributed by atoms with Crippen LogP contribution in [-0.4, -0.2) is 0 Å². The van der Waals surface area contributed by atoms with Crippen molar-refractivity contribution in [1.82, 2.24) is 0 Å². The molecular formula is C49H29NO2. The molecule has 0 radical (unpaired) electrons. The molecule has 52 heavy (non-hydrogen) atoms. The zero-order valence-electron chi connectivity index (χ0n) is 28.0. The molecule has 0 amide bonds. The highest BCUT2D eigenvalue weighted by Gasteiger charge is 2.51. The van der Waals surface area contributed by atoms with Gasteiger partial charge in [0.1, 0.15) is 22.3 Å². The molecule has 0 unspecified atom stereocenters. The van der Waals surface area contributed by atoms with E-state index in [1.807, 2.05) is 18.2 Å². The van der Waals surface area contributed by atoms with Crippen molar-refractivity contribution in [3.05, 3.63) is 198 Å². The van der Waals surface area contributed by atoms with E-state index >= 15 is 0 Å². The Morgan fingerprint density at radius 1 is 0.346 bits per heavy atom. The number of anilines is 3. The average molecular weight is 664 g/mol. The first kappa shape index (κ1) is 27.9. The highest BCUT2D eigenvalue weighted by molar-refractivity contribution is 6.14. The summed E-state index contributed by atoms with van der Waals surface area (Å²) in [5.74, 6) is 0. The summed E-state index contributed by atoms with van der Waals surface area (Å²) in [5.41, 5.74) is 16.6. The van der Waals surface area contributed by atoms with E-state index in [1.54, 1.807) is 0 Å². The topological polar surface area (TPSA) is 29.5 Å². The lowest BCUT2D eigenvalue weighted by atomic mass is 9.70. The molecule has 2 aliphatic carbocycles. The van der Waals surface area contributed by atoms with Gasteiger partial charge in [0.05, 0.1) is 16.5 Å². The molecule has 8 aromatic carbocycles. The summed E-state index contributed by atoms with van der Waals surface area (Å²) in [6, 6.07) is 63.6. The monoisotopic (exact) mass is 663 g/mol. The van der Waals surface area contributed by atoms with Crippen LogP contribution in [0.5, 0.6) is 0 Å². The Hall–Kier alpha value is -6.84. The largest absolute Gasteiger partial charge is 0.456 e. The van der Waals surface area contributed by atoms with Gasteiger partial charge >= 0.3 is 0 Å². The van der Waals surface area contributed by atoms with Gasteiger partial charge in [-0.3, -0.25) is 0 Å². The summed E-state index contributed by atoms with van der Waals surface area (Å²) in [5, 5.41) is 4.40. The van der Waals surface area contributed by atoms with Crippen LogP contribution in [0.3, 0.4) is 0 Å². The van der Waals surface area contributed by atoms with Gasteiger partial charge in [0.25, 0.3) is 0 Å². The van der Waals surface area contributed by atoms with Crippen molar-refractivity contribution in [2.45, 2.75) is 5.41 Å². The highest BCUT2D eigenvalue weighted by atomic mass is 16.3. The molecule has 0 atom stereocenters. The maximum absolute atomic E-state index is 6.48. The second kappa shape index (κ2) is 10.1. The summed E-state index contributed by atoms with van der Waals surface area (Å²) in [6.07, 6.45) is 0. The molecule has 2 aromatic heterocycles. The first-order chi connectivity index (χ1) is 25.8. The number of nitrogens with zero attached hydrogens (tertiary/aromatic N) is 1. The van der Waals surface area contributed by atoms with Gasteiger partial charge in [-0.05, 0) is 93.0 Å². The molecule has 3 heteroatoms. The van der Waals surface area contributed by atoms with Crippen molar-refractivity contribution >= 4 is 60.9 Å². The van der Waals surface area contributed by atoms with Crippen LogP contribution < -0.4 is 4.90 Å². The Balaban J connectivity index is 1.18. The van der Waals surface area contributed by atoms with Crippen LogP contribution in [0, 0.1) is 0 Å². The lowest BCUT2D eigenvalue weighted by molar-refractivity contribution is 0.669. The minimum Gasteiger partial charge on any atom is -0.456 e. The SMILES string of the molecule is c1ccc2c(c1)-c1ccccc1C21c2ccccc2-c2ccc(N(c3ccc4c(c3)oc3ccccc34)c3cccc4oc5ccccc5c34)cc21. The number of rotatable bonds is 3. The Morgan fingerprint density at radius 3 is 1.56 bits per heavy atom. The molecule has 2 heterocycles. The van der Waals surface area contributed by atoms with Crippen molar-refractivity contribution in [3.8, 4) is 22.3 Å². The van der Waals surface area contributed by atoms with E-state index in [4.69, 9.17) is 8.83 Å². The predicted octanol–water partition coefficient (Wildman–Crippen LogP) is 13.3. The van der Waals surface area contributed by atoms with Crippen LogP contribution in [0.1, 0.15) is 22.3 Å². The maximum Gasteiger partial charge on any atom is 0.137 e. The lowest BCUT2D eigenvalue weighted by Gasteiger charge is -2.32. The third-order valence-electron chi connectivity index (χ3n) is 11.5. The summed E-state index contributed by atoms with van der Waals surface area (Å²) in [4.78, 5) is 2.39. The van der Waals surface area contributed by atoms with Crippen molar-refractivity contribution in [1.29, 1.82) is 0 Å². The minimum absolute atomic E-state index is 0.447. The van der Waals surface area contributed by atoms with Gasteiger partial charge < -0.3 is 13.7 Å². The number of para-hydroxylation sites is 2. The fraction of sp³-hybridized carbons (Fsp3) is 0.0204. The van der Waals surface area contributed by atoms with E-state index in [9.17, 15) is 0 Å². The quantitative estimate of drug-likeness (QED) is 0.188. The number of benzene rings is 8. The van der Waals surface area contributed by atoms with E-state index < -0.39 is 5.41 Å². The van der Waals surface area contributed by atoms with Gasteiger partial charge in [-0.15, -0.1) is 0 Å². The van der Waals surface area contributed by atoms with E-state index in [-0.39, 0.29) is 0 Å². The second-order valence-corrected chi connectivity index (χ2v) is 14.0. The van der Waals surface area contributed by atoms with Gasteiger partial charge in [0, 0.05) is 33.6 Å². The van der Waals surface area contributed by atoms with E-state index in [0.29, 0.717) is 0 Å². The van der Waals surface area contributed by atoms with E-state index in [0.717, 1.165) is 60.9 Å². The third-order valence-corrected chi connectivity index (χ3v) is 11.5. The molecule has 1 spiro atoms. The molecule has 3 nitrogen and oxygen atoms in total. The molecule has 0 saturated carbocycles. The van der Waals surface area contributed by atoms with Crippen molar-refractivity contribution in [2.24, 2.45) is 0 Å². The van der Waals surface area contributed by atoms with Crippen molar-refractivity contribution in [2.75, 3.05) is 4.90 Å². The molecule has 2 aliphatic rings. The second-order valence-electron chi connectivity index (χ2n) is 14.0. The summed E-state index contributed by atoms with van der Waals surface area (Å²) >= 11 is 0. The molecule has 0 saturated heterocycles. The van der Waals surface area contributed by atoms with Crippen LogP contribution in [-0.2, 0) is 5.41 Å². The number of hydrogen-bond donors (Lipinski definition) is 0. The summed E-state index contributed by atoms with van der Waals surface area (Å²) < 4.78 is 12.9. The Bertz CT molecular complexity index is 3040. The van der Waals surface area contributed by atoms with Gasteiger partial charge in [0.2, 0.25) is 0 Å². The molecule has 12 rings (SSSR count). The smallest absolute Gasteiger partial charge is 0.137 e. The maximum atomic E-state index is 6.48. The molecule has 10 aromatic rings. The zero-order chi connectivity index (χ0) is 34.0. The van der Waals surface area contributed by atoms with Gasteiger partial charge in [0.15, 0.2) is 0 Å². The first-order valence-electron chi connectivity index (χ1n) is 17.8. The molecule has 0 bridgehead atoms. The fourth-order valence-corrected chi connectivity index (χ4v) is 9.45. The normalized spacial score (nSPS) is 13.5. The van der Waals surface area contributed by atoms with Gasteiger partial charge in [-0.1, -0.05) is 121 Å². The average Bonchev–Trinajstić information content (AvgIpc) is 3.93. The van der Waals surface area contributed by atoms with Gasteiger partial charge in [-0.25, -0.2) is 0 Å². The lowest BCUT2D eigenvalue weighted by Crippen LogP contribution is -2.26. The predicted molar refractivity (Wildman–Crippen MR) is 212 cm³/mol. The molecule has 0 N–H and O–H groups in total. The van der Waals surface area contributed by atoms with Crippen molar-refractivity contribution < 1.29 is 8.83 Å². The first-order valence-corrected chi connectivity index (χ1v) is 17.8. The van der Waals surface area contributed by atoms with Crippen LogP contribution >= 0.6 is 0 Å². The fourth-order valence-electron chi connectivity index (χ4n) is 9.45. The molecular weight excluding hydrogens is 635 g/mol. The van der Waals surface area contributed by atoms with E-state index in [2.05, 4.69) is 163 Å². The minimum atomic E-state index is -0.447. The standard InChI is InChI=1S/C49H29NO2/c1-6-17-39-32(12-1)33-13-2-7-18-40(33)49(39)41-19-8-3-14-34(41)35-26-24-30(28-42(35)49)50(31-25-27-37-36-15-4-9-21-44(36)52-47(37)29-31)43-20-11-23-46-48(43)38-16-5-10-22-45(38)51-46/h1-29H. The molecule has 242 valence electrons. The summed E-state index contributed by atoms with van der Waals surface area (Å²) in [7, 11) is 0. The third kappa shape index (κ3) is 3.49. The van der Waals surface area contributed by atoms with Crippen molar-refractivity contribution in [3.63, 3.8) is 0 Å². The van der Waals surface area contributed by atoms with Crippen LogP contribution in [0.25, 0.3) is 66.1 Å². The van der Waals surface area contributed by atoms with E-state index in [1.165, 1.54) is 44.5 Å².